The molecular weight excluding hydrogens is 250 g/mol. The number of nitrogens with zero attached hydrogens (tertiary/aromatic N) is 1. The number of carboxylic acid groups (broad SMARTS) is 1. The molecule has 116 valence electrons. The number of carboxylic acids is 1. The van der Waals surface area contributed by atoms with Crippen molar-refractivity contribution >= 4 is 5.97 Å². The molecule has 0 atom stereocenters. The molecule has 0 aromatic carbocycles. The van der Waals surface area contributed by atoms with E-state index in [-0.39, 0.29) is 0 Å². The molecule has 0 aromatic heterocycles. The van der Waals surface area contributed by atoms with Crippen LogP contribution in [0, 0.1) is 11.3 Å². The quantitative estimate of drug-likeness (QED) is 0.830. The Morgan fingerprint density at radius 3 is 2.25 bits per heavy atom. The minimum atomic E-state index is -0.564. The van der Waals surface area contributed by atoms with Gasteiger partial charge in [0.15, 0.2) is 0 Å². The highest BCUT2D eigenvalue weighted by Crippen LogP contribution is 2.38. The zero-order valence-electron chi connectivity index (χ0n) is 13.2. The van der Waals surface area contributed by atoms with Crippen LogP contribution in [0.25, 0.3) is 0 Å². The average Bonchev–Trinajstić information content (AvgIpc) is 2.48. The summed E-state index contributed by atoms with van der Waals surface area (Å²) in [6.45, 7) is 3.04. The normalized spacial score (nSPS) is 30.4. The standard InChI is InChI=1S/C17H31NO2/c1-3-14-7-9-15(10-8-14)18(2)13-17(16(19)20)11-5-4-6-12-17/h14-15H,3-13H2,1-2H3,(H,19,20). The molecule has 0 aliphatic heterocycles. The summed E-state index contributed by atoms with van der Waals surface area (Å²) >= 11 is 0. The third kappa shape index (κ3) is 3.55. The Morgan fingerprint density at radius 2 is 1.75 bits per heavy atom. The lowest BCUT2D eigenvalue weighted by atomic mass is 9.73. The van der Waals surface area contributed by atoms with E-state index >= 15 is 0 Å². The number of hydrogen-bond acceptors (Lipinski definition) is 2. The van der Waals surface area contributed by atoms with Gasteiger partial charge in [-0.25, -0.2) is 0 Å². The van der Waals surface area contributed by atoms with Gasteiger partial charge in [0.25, 0.3) is 0 Å². The first-order valence-electron chi connectivity index (χ1n) is 8.51. The van der Waals surface area contributed by atoms with Crippen LogP contribution in [0.2, 0.25) is 0 Å². The molecule has 2 aliphatic rings. The third-order valence-electron chi connectivity index (χ3n) is 5.83. The predicted molar refractivity (Wildman–Crippen MR) is 81.8 cm³/mol. The van der Waals surface area contributed by atoms with Crippen molar-refractivity contribution in [3.05, 3.63) is 0 Å². The zero-order chi connectivity index (χ0) is 14.6. The molecular formula is C17H31NO2. The summed E-state index contributed by atoms with van der Waals surface area (Å²) in [5.41, 5.74) is -0.464. The van der Waals surface area contributed by atoms with Crippen LogP contribution in [0.3, 0.4) is 0 Å². The Bertz CT molecular complexity index is 315. The number of rotatable bonds is 5. The first-order chi connectivity index (χ1) is 9.57. The summed E-state index contributed by atoms with van der Waals surface area (Å²) in [5.74, 6) is 0.342. The van der Waals surface area contributed by atoms with Crippen LogP contribution < -0.4 is 0 Å². The van der Waals surface area contributed by atoms with Crippen LogP contribution in [0.4, 0.5) is 0 Å². The van der Waals surface area contributed by atoms with Crippen LogP contribution in [-0.2, 0) is 4.79 Å². The first kappa shape index (κ1) is 15.8. The van der Waals surface area contributed by atoms with Gasteiger partial charge in [-0.05, 0) is 51.5 Å². The third-order valence-corrected chi connectivity index (χ3v) is 5.83. The van der Waals surface area contributed by atoms with Crippen LogP contribution in [0.5, 0.6) is 0 Å². The summed E-state index contributed by atoms with van der Waals surface area (Å²) in [6.07, 6.45) is 11.6. The fraction of sp³-hybridized carbons (Fsp3) is 0.941. The van der Waals surface area contributed by atoms with E-state index in [2.05, 4.69) is 18.9 Å². The second-order valence-electron chi connectivity index (χ2n) is 7.14. The van der Waals surface area contributed by atoms with Gasteiger partial charge in [0, 0.05) is 12.6 Å². The average molecular weight is 281 g/mol. The minimum Gasteiger partial charge on any atom is -0.481 e. The minimum absolute atomic E-state index is 0.464. The summed E-state index contributed by atoms with van der Waals surface area (Å²) in [6, 6.07) is 0.607. The summed E-state index contributed by atoms with van der Waals surface area (Å²) in [5, 5.41) is 9.69. The smallest absolute Gasteiger partial charge is 0.310 e. The van der Waals surface area contributed by atoms with Crippen molar-refractivity contribution in [1.29, 1.82) is 0 Å². The molecule has 3 heteroatoms. The molecule has 0 unspecified atom stereocenters. The fourth-order valence-electron chi connectivity index (χ4n) is 4.27. The topological polar surface area (TPSA) is 40.5 Å². The van der Waals surface area contributed by atoms with E-state index in [0.717, 1.165) is 38.1 Å². The highest BCUT2D eigenvalue weighted by molar-refractivity contribution is 5.75. The van der Waals surface area contributed by atoms with Gasteiger partial charge in [-0.3, -0.25) is 4.79 Å². The highest BCUT2D eigenvalue weighted by atomic mass is 16.4. The lowest BCUT2D eigenvalue weighted by Crippen LogP contribution is -2.47. The lowest BCUT2D eigenvalue weighted by molar-refractivity contribution is -0.152. The van der Waals surface area contributed by atoms with Crippen molar-refractivity contribution in [2.75, 3.05) is 13.6 Å². The van der Waals surface area contributed by atoms with Gasteiger partial charge in [0.1, 0.15) is 0 Å². The van der Waals surface area contributed by atoms with E-state index in [1.165, 1.54) is 38.5 Å². The van der Waals surface area contributed by atoms with Crippen molar-refractivity contribution in [2.45, 2.75) is 77.2 Å². The summed E-state index contributed by atoms with van der Waals surface area (Å²) < 4.78 is 0. The molecule has 0 saturated heterocycles. The van der Waals surface area contributed by atoms with Gasteiger partial charge in [0.05, 0.1) is 5.41 Å². The molecule has 1 N–H and O–H groups in total. The highest BCUT2D eigenvalue weighted by Gasteiger charge is 2.41. The zero-order valence-corrected chi connectivity index (χ0v) is 13.2. The number of carbonyl (C=O) groups is 1. The molecule has 2 fully saturated rings. The van der Waals surface area contributed by atoms with Crippen molar-refractivity contribution in [3.8, 4) is 0 Å². The molecule has 0 bridgehead atoms. The molecule has 20 heavy (non-hydrogen) atoms. The molecule has 0 spiro atoms. The van der Waals surface area contributed by atoms with Gasteiger partial charge < -0.3 is 10.0 Å². The Labute approximate surface area is 123 Å². The molecule has 2 aliphatic carbocycles. The number of hydrogen-bond donors (Lipinski definition) is 1. The largest absolute Gasteiger partial charge is 0.481 e. The Morgan fingerprint density at radius 1 is 1.15 bits per heavy atom. The van der Waals surface area contributed by atoms with E-state index in [1.807, 2.05) is 0 Å². The molecule has 3 nitrogen and oxygen atoms in total. The van der Waals surface area contributed by atoms with Gasteiger partial charge >= 0.3 is 5.97 Å². The van der Waals surface area contributed by atoms with Crippen LogP contribution >= 0.6 is 0 Å². The van der Waals surface area contributed by atoms with Gasteiger partial charge in [0.2, 0.25) is 0 Å². The van der Waals surface area contributed by atoms with E-state index in [0.29, 0.717) is 6.04 Å². The monoisotopic (exact) mass is 281 g/mol. The van der Waals surface area contributed by atoms with Crippen molar-refractivity contribution in [1.82, 2.24) is 4.90 Å². The lowest BCUT2D eigenvalue weighted by Gasteiger charge is -2.41. The van der Waals surface area contributed by atoms with Crippen molar-refractivity contribution in [2.24, 2.45) is 11.3 Å². The number of aliphatic carboxylic acids is 1. The van der Waals surface area contributed by atoms with E-state index in [9.17, 15) is 9.90 Å². The first-order valence-corrected chi connectivity index (χ1v) is 8.51. The van der Waals surface area contributed by atoms with E-state index in [1.54, 1.807) is 0 Å². The molecule has 0 heterocycles. The second kappa shape index (κ2) is 6.93. The second-order valence-corrected chi connectivity index (χ2v) is 7.14. The Hall–Kier alpha value is -0.570. The molecule has 0 amide bonds. The van der Waals surface area contributed by atoms with Crippen molar-refractivity contribution in [3.63, 3.8) is 0 Å². The summed E-state index contributed by atoms with van der Waals surface area (Å²) in [4.78, 5) is 14.1. The van der Waals surface area contributed by atoms with Crippen LogP contribution in [0.1, 0.15) is 71.1 Å². The van der Waals surface area contributed by atoms with Crippen molar-refractivity contribution < 1.29 is 9.90 Å². The fourth-order valence-corrected chi connectivity index (χ4v) is 4.27. The molecule has 0 aromatic rings. The predicted octanol–water partition coefficient (Wildman–Crippen LogP) is 3.92. The van der Waals surface area contributed by atoms with Gasteiger partial charge in [-0.2, -0.15) is 0 Å². The maximum atomic E-state index is 11.8. The molecule has 2 rings (SSSR count). The van der Waals surface area contributed by atoms with E-state index < -0.39 is 11.4 Å². The maximum absolute atomic E-state index is 11.8. The van der Waals surface area contributed by atoms with Crippen LogP contribution in [-0.4, -0.2) is 35.6 Å². The van der Waals surface area contributed by atoms with E-state index in [4.69, 9.17) is 0 Å². The Kier molecular flexibility index (Phi) is 5.48. The Balaban J connectivity index is 1.92. The molecule has 0 radical (unpaired) electrons. The van der Waals surface area contributed by atoms with Gasteiger partial charge in [-0.15, -0.1) is 0 Å². The van der Waals surface area contributed by atoms with Gasteiger partial charge in [-0.1, -0.05) is 32.6 Å². The maximum Gasteiger partial charge on any atom is 0.310 e. The molecule has 2 saturated carbocycles. The van der Waals surface area contributed by atoms with Crippen LogP contribution in [0.15, 0.2) is 0 Å². The summed E-state index contributed by atoms with van der Waals surface area (Å²) in [7, 11) is 2.15. The SMILES string of the molecule is CCC1CCC(N(C)CC2(C(=O)O)CCCCC2)CC1.